The van der Waals surface area contributed by atoms with Crippen molar-refractivity contribution < 1.29 is 9.53 Å². The molecule has 1 amide bonds. The molecule has 0 saturated heterocycles. The molecule has 0 aliphatic heterocycles. The normalized spacial score (nSPS) is 11.7. The summed E-state index contributed by atoms with van der Waals surface area (Å²) in [4.78, 5) is 11.5. The Balaban J connectivity index is 2.20. The van der Waals surface area contributed by atoms with Crippen LogP contribution in [0.4, 0.5) is 0 Å². The van der Waals surface area contributed by atoms with Crippen LogP contribution < -0.4 is 15.4 Å². The Hall–Kier alpha value is -1.81. The average molecular weight is 262 g/mol. The molecule has 0 bridgehead atoms. The number of hydrogen-bond donors (Lipinski definition) is 2. The Morgan fingerprint density at radius 2 is 2.32 bits per heavy atom. The fourth-order valence-electron chi connectivity index (χ4n) is 1.57. The van der Waals surface area contributed by atoms with Gasteiger partial charge in [0.2, 0.25) is 5.91 Å². The van der Waals surface area contributed by atoms with Gasteiger partial charge in [-0.2, -0.15) is 0 Å². The van der Waals surface area contributed by atoms with Crippen molar-refractivity contribution >= 4 is 5.91 Å². The highest BCUT2D eigenvalue weighted by Crippen LogP contribution is 2.11. The Morgan fingerprint density at radius 1 is 1.53 bits per heavy atom. The van der Waals surface area contributed by atoms with Gasteiger partial charge in [-0.15, -0.1) is 6.58 Å². The van der Waals surface area contributed by atoms with Gasteiger partial charge < -0.3 is 15.4 Å². The van der Waals surface area contributed by atoms with Gasteiger partial charge in [0.05, 0.1) is 6.04 Å². The van der Waals surface area contributed by atoms with E-state index in [0.717, 1.165) is 5.75 Å². The predicted octanol–water partition coefficient (Wildman–Crippen LogP) is 1.65. The van der Waals surface area contributed by atoms with Crippen LogP contribution in [0.25, 0.3) is 0 Å². The molecule has 19 heavy (non-hydrogen) atoms. The smallest absolute Gasteiger partial charge is 0.237 e. The molecular weight excluding hydrogens is 240 g/mol. The molecule has 0 aromatic heterocycles. The Kier molecular flexibility index (Phi) is 6.68. The molecular formula is C15H22N2O2. The van der Waals surface area contributed by atoms with Crippen LogP contribution in [0.3, 0.4) is 0 Å². The SMILES string of the molecule is C=CCNC(=O)C(C)NCCOc1cccc(C)c1. The van der Waals surface area contributed by atoms with Crippen LogP contribution in [-0.4, -0.2) is 31.6 Å². The average Bonchev–Trinajstić information content (AvgIpc) is 2.40. The van der Waals surface area contributed by atoms with E-state index in [2.05, 4.69) is 17.2 Å². The Labute approximate surface area is 114 Å². The first kappa shape index (κ1) is 15.2. The molecule has 0 spiro atoms. The molecule has 2 N–H and O–H groups in total. The third-order valence-corrected chi connectivity index (χ3v) is 2.62. The van der Waals surface area contributed by atoms with Crippen LogP contribution in [0, 0.1) is 6.92 Å². The van der Waals surface area contributed by atoms with Crippen LogP contribution in [0.1, 0.15) is 12.5 Å². The van der Waals surface area contributed by atoms with Gasteiger partial charge in [-0.25, -0.2) is 0 Å². The fraction of sp³-hybridized carbons (Fsp3) is 0.400. The lowest BCUT2D eigenvalue weighted by Crippen LogP contribution is -2.43. The molecule has 0 radical (unpaired) electrons. The maximum Gasteiger partial charge on any atom is 0.237 e. The van der Waals surface area contributed by atoms with Crippen molar-refractivity contribution in [3.63, 3.8) is 0 Å². The molecule has 0 aliphatic rings. The second-order valence-corrected chi connectivity index (χ2v) is 4.37. The van der Waals surface area contributed by atoms with Crippen molar-refractivity contribution in [1.29, 1.82) is 0 Å². The molecule has 0 saturated carbocycles. The second kappa shape index (κ2) is 8.32. The van der Waals surface area contributed by atoms with Crippen LogP contribution in [0.2, 0.25) is 0 Å². The predicted molar refractivity (Wildman–Crippen MR) is 77.3 cm³/mol. The quantitative estimate of drug-likeness (QED) is 0.553. The minimum absolute atomic E-state index is 0.0320. The van der Waals surface area contributed by atoms with Crippen molar-refractivity contribution in [1.82, 2.24) is 10.6 Å². The van der Waals surface area contributed by atoms with Gasteiger partial charge in [0.15, 0.2) is 0 Å². The first-order chi connectivity index (χ1) is 9.13. The van der Waals surface area contributed by atoms with Gasteiger partial charge in [-0.3, -0.25) is 4.79 Å². The number of rotatable bonds is 8. The highest BCUT2D eigenvalue weighted by atomic mass is 16.5. The topological polar surface area (TPSA) is 50.4 Å². The van der Waals surface area contributed by atoms with Crippen molar-refractivity contribution in [3.8, 4) is 5.75 Å². The summed E-state index contributed by atoms with van der Waals surface area (Å²) in [6.45, 7) is 9.04. The molecule has 4 nitrogen and oxygen atoms in total. The molecule has 4 heteroatoms. The number of aryl methyl sites for hydroxylation is 1. The Bertz CT molecular complexity index is 418. The lowest BCUT2D eigenvalue weighted by Gasteiger charge is -2.13. The summed E-state index contributed by atoms with van der Waals surface area (Å²) in [7, 11) is 0. The van der Waals surface area contributed by atoms with Crippen LogP contribution in [0.15, 0.2) is 36.9 Å². The van der Waals surface area contributed by atoms with E-state index in [1.54, 1.807) is 6.08 Å². The van der Waals surface area contributed by atoms with E-state index in [1.165, 1.54) is 5.56 Å². The number of benzene rings is 1. The minimum atomic E-state index is -0.235. The number of nitrogens with one attached hydrogen (secondary N) is 2. The maximum atomic E-state index is 11.5. The summed E-state index contributed by atoms with van der Waals surface area (Å²) < 4.78 is 5.59. The molecule has 1 aromatic rings. The Morgan fingerprint density at radius 3 is 3.00 bits per heavy atom. The number of carbonyl (C=O) groups excluding carboxylic acids is 1. The summed E-state index contributed by atoms with van der Waals surface area (Å²) in [6, 6.07) is 7.66. The fourth-order valence-corrected chi connectivity index (χ4v) is 1.57. The van der Waals surface area contributed by atoms with E-state index in [4.69, 9.17) is 4.74 Å². The lowest BCUT2D eigenvalue weighted by atomic mass is 10.2. The van der Waals surface area contributed by atoms with Gasteiger partial charge in [0.25, 0.3) is 0 Å². The zero-order chi connectivity index (χ0) is 14.1. The van der Waals surface area contributed by atoms with E-state index >= 15 is 0 Å². The van der Waals surface area contributed by atoms with Crippen molar-refractivity contribution in [2.75, 3.05) is 19.7 Å². The number of amides is 1. The van der Waals surface area contributed by atoms with E-state index in [0.29, 0.717) is 19.7 Å². The van der Waals surface area contributed by atoms with Gasteiger partial charge in [0, 0.05) is 13.1 Å². The molecule has 1 unspecified atom stereocenters. The van der Waals surface area contributed by atoms with Crippen LogP contribution in [-0.2, 0) is 4.79 Å². The summed E-state index contributed by atoms with van der Waals surface area (Å²) in [5.74, 6) is 0.820. The van der Waals surface area contributed by atoms with E-state index in [9.17, 15) is 4.79 Å². The van der Waals surface area contributed by atoms with Crippen LogP contribution >= 0.6 is 0 Å². The molecule has 0 aliphatic carbocycles. The van der Waals surface area contributed by atoms with Crippen molar-refractivity contribution in [2.45, 2.75) is 19.9 Å². The standard InChI is InChI=1S/C15H22N2O2/c1-4-8-17-15(18)13(3)16-9-10-19-14-7-5-6-12(2)11-14/h4-7,11,13,16H,1,8-10H2,2-3H3,(H,17,18). The summed E-state index contributed by atoms with van der Waals surface area (Å²) >= 11 is 0. The maximum absolute atomic E-state index is 11.5. The number of carbonyl (C=O) groups is 1. The third-order valence-electron chi connectivity index (χ3n) is 2.62. The zero-order valence-electron chi connectivity index (χ0n) is 11.6. The molecule has 104 valence electrons. The molecule has 0 heterocycles. The second-order valence-electron chi connectivity index (χ2n) is 4.37. The molecule has 1 aromatic carbocycles. The third kappa shape index (κ3) is 6.06. The monoisotopic (exact) mass is 262 g/mol. The van der Waals surface area contributed by atoms with Gasteiger partial charge >= 0.3 is 0 Å². The first-order valence-corrected chi connectivity index (χ1v) is 6.45. The largest absolute Gasteiger partial charge is 0.492 e. The highest BCUT2D eigenvalue weighted by Gasteiger charge is 2.10. The number of hydrogen-bond acceptors (Lipinski definition) is 3. The van der Waals surface area contributed by atoms with E-state index in [-0.39, 0.29) is 11.9 Å². The first-order valence-electron chi connectivity index (χ1n) is 6.45. The summed E-state index contributed by atoms with van der Waals surface area (Å²) in [5, 5.41) is 5.84. The van der Waals surface area contributed by atoms with E-state index < -0.39 is 0 Å². The molecule has 1 atom stereocenters. The molecule has 1 rings (SSSR count). The van der Waals surface area contributed by atoms with Gasteiger partial charge in [-0.05, 0) is 31.5 Å². The summed E-state index contributed by atoms with van der Waals surface area (Å²) in [5.41, 5.74) is 1.17. The van der Waals surface area contributed by atoms with Crippen LogP contribution in [0.5, 0.6) is 5.75 Å². The minimum Gasteiger partial charge on any atom is -0.492 e. The highest BCUT2D eigenvalue weighted by molar-refractivity contribution is 5.81. The van der Waals surface area contributed by atoms with Crippen molar-refractivity contribution in [3.05, 3.63) is 42.5 Å². The van der Waals surface area contributed by atoms with Gasteiger partial charge in [0.1, 0.15) is 12.4 Å². The van der Waals surface area contributed by atoms with Gasteiger partial charge in [-0.1, -0.05) is 18.2 Å². The van der Waals surface area contributed by atoms with Crippen molar-refractivity contribution in [2.24, 2.45) is 0 Å². The zero-order valence-corrected chi connectivity index (χ0v) is 11.6. The summed E-state index contributed by atoms with van der Waals surface area (Å²) in [6.07, 6.45) is 1.66. The lowest BCUT2D eigenvalue weighted by molar-refractivity contribution is -0.122. The number of ether oxygens (including phenoxy) is 1. The molecule has 0 fully saturated rings. The van der Waals surface area contributed by atoms with E-state index in [1.807, 2.05) is 38.1 Å².